The molecular formula is C25H21N3O2. The number of nitrogens with one attached hydrogen (secondary N) is 1. The molecule has 30 heavy (non-hydrogen) atoms. The van der Waals surface area contributed by atoms with Crippen LogP contribution >= 0.6 is 0 Å². The van der Waals surface area contributed by atoms with Crippen LogP contribution < -0.4 is 10.9 Å². The zero-order valence-corrected chi connectivity index (χ0v) is 16.4. The summed E-state index contributed by atoms with van der Waals surface area (Å²) >= 11 is 0. The van der Waals surface area contributed by atoms with Gasteiger partial charge >= 0.3 is 0 Å². The smallest absolute Gasteiger partial charge is 0.279 e. The number of rotatable bonds is 3. The second kappa shape index (κ2) is 7.59. The molecule has 3 aromatic carbocycles. The summed E-state index contributed by atoms with van der Waals surface area (Å²) in [4.78, 5) is 26.4. The molecule has 0 saturated carbocycles. The monoisotopic (exact) mass is 395 g/mol. The fourth-order valence-electron chi connectivity index (χ4n) is 4.23. The number of amides is 1. The zero-order valence-electron chi connectivity index (χ0n) is 16.4. The van der Waals surface area contributed by atoms with Gasteiger partial charge in [0, 0.05) is 5.39 Å². The largest absolute Gasteiger partial charge is 0.344 e. The van der Waals surface area contributed by atoms with E-state index in [1.54, 1.807) is 18.2 Å². The number of aryl methyl sites for hydroxylation is 1. The van der Waals surface area contributed by atoms with E-state index in [0.29, 0.717) is 16.5 Å². The number of carbonyl (C=O) groups excluding carboxylic acids is 1. The molecule has 1 heterocycles. The number of nitrogens with zero attached hydrogens (tertiary/aromatic N) is 2. The summed E-state index contributed by atoms with van der Waals surface area (Å²) < 4.78 is 1.31. The van der Waals surface area contributed by atoms with E-state index in [1.807, 2.05) is 48.5 Å². The summed E-state index contributed by atoms with van der Waals surface area (Å²) in [7, 11) is 0. The Bertz CT molecular complexity index is 1290. The molecule has 1 aliphatic carbocycles. The fraction of sp³-hybridized carbons (Fsp3) is 0.160. The quantitative estimate of drug-likeness (QED) is 0.566. The second-order valence-electron chi connectivity index (χ2n) is 7.56. The molecule has 0 spiro atoms. The molecule has 1 aromatic heterocycles. The van der Waals surface area contributed by atoms with Crippen LogP contribution in [0.1, 0.15) is 40.5 Å². The lowest BCUT2D eigenvalue weighted by Gasteiger charge is -2.26. The Hall–Kier alpha value is -3.73. The van der Waals surface area contributed by atoms with Crippen molar-refractivity contribution in [3.05, 3.63) is 106 Å². The lowest BCUT2D eigenvalue weighted by atomic mass is 9.87. The lowest BCUT2D eigenvalue weighted by Crippen LogP contribution is -2.34. The van der Waals surface area contributed by atoms with Gasteiger partial charge in [0.25, 0.3) is 11.5 Å². The summed E-state index contributed by atoms with van der Waals surface area (Å²) in [6.45, 7) is 0. The summed E-state index contributed by atoms with van der Waals surface area (Å²) in [6.07, 6.45) is 2.95. The number of hydrogen-bond donors (Lipinski definition) is 1. The van der Waals surface area contributed by atoms with E-state index < -0.39 is 0 Å². The van der Waals surface area contributed by atoms with Gasteiger partial charge in [-0.3, -0.25) is 9.59 Å². The average molecular weight is 395 g/mol. The molecule has 0 bridgehead atoms. The van der Waals surface area contributed by atoms with Crippen molar-refractivity contribution in [1.82, 2.24) is 15.1 Å². The van der Waals surface area contributed by atoms with Crippen molar-refractivity contribution in [2.75, 3.05) is 0 Å². The van der Waals surface area contributed by atoms with Gasteiger partial charge in [-0.2, -0.15) is 9.78 Å². The van der Waals surface area contributed by atoms with Crippen molar-refractivity contribution in [1.29, 1.82) is 0 Å². The van der Waals surface area contributed by atoms with E-state index in [9.17, 15) is 9.59 Å². The Morgan fingerprint density at radius 2 is 1.60 bits per heavy atom. The maximum absolute atomic E-state index is 13.3. The molecule has 0 fully saturated rings. The first-order chi connectivity index (χ1) is 14.7. The summed E-state index contributed by atoms with van der Waals surface area (Å²) in [5, 5.41) is 8.69. The van der Waals surface area contributed by atoms with E-state index in [2.05, 4.69) is 22.5 Å². The molecular weight excluding hydrogens is 374 g/mol. The standard InChI is InChI=1S/C25H21N3O2/c29-24(26-22-16-8-10-17-9-4-5-13-19(17)22)23-20-14-6-7-15-21(20)25(30)28(27-23)18-11-2-1-3-12-18/h1-7,9,11-15,22H,8,10,16H2,(H,26,29)/t22-/m0/s1. The zero-order chi connectivity index (χ0) is 20.5. The lowest BCUT2D eigenvalue weighted by molar-refractivity contribution is 0.0928. The summed E-state index contributed by atoms with van der Waals surface area (Å²) in [6, 6.07) is 24.5. The molecule has 148 valence electrons. The van der Waals surface area contributed by atoms with Crippen LogP contribution in [-0.4, -0.2) is 15.7 Å². The molecule has 1 atom stereocenters. The molecule has 4 aromatic rings. The van der Waals surface area contributed by atoms with Crippen LogP contribution in [0, 0.1) is 0 Å². The van der Waals surface area contributed by atoms with Gasteiger partial charge in [0.1, 0.15) is 0 Å². The molecule has 1 aliphatic rings. The van der Waals surface area contributed by atoms with Crippen LogP contribution in [0.15, 0.2) is 83.7 Å². The van der Waals surface area contributed by atoms with Crippen LogP contribution in [0.5, 0.6) is 0 Å². The maximum Gasteiger partial charge on any atom is 0.279 e. The van der Waals surface area contributed by atoms with Crippen molar-refractivity contribution >= 4 is 16.7 Å². The first-order valence-electron chi connectivity index (χ1n) is 10.2. The van der Waals surface area contributed by atoms with E-state index in [0.717, 1.165) is 24.8 Å². The molecule has 0 saturated heterocycles. The van der Waals surface area contributed by atoms with Gasteiger partial charge in [0.2, 0.25) is 0 Å². The van der Waals surface area contributed by atoms with Gasteiger partial charge in [-0.25, -0.2) is 0 Å². The van der Waals surface area contributed by atoms with Crippen molar-refractivity contribution in [3.8, 4) is 5.69 Å². The first-order valence-corrected chi connectivity index (χ1v) is 10.2. The molecule has 5 rings (SSSR count). The number of para-hydroxylation sites is 1. The predicted molar refractivity (Wildman–Crippen MR) is 117 cm³/mol. The van der Waals surface area contributed by atoms with Crippen molar-refractivity contribution < 1.29 is 4.79 Å². The Kier molecular flexibility index (Phi) is 4.64. The van der Waals surface area contributed by atoms with E-state index in [-0.39, 0.29) is 23.2 Å². The topological polar surface area (TPSA) is 64.0 Å². The van der Waals surface area contributed by atoms with Crippen molar-refractivity contribution in [3.63, 3.8) is 0 Å². The average Bonchev–Trinajstić information content (AvgIpc) is 2.80. The minimum absolute atomic E-state index is 0.0554. The minimum Gasteiger partial charge on any atom is -0.344 e. The van der Waals surface area contributed by atoms with E-state index in [1.165, 1.54) is 10.2 Å². The highest BCUT2D eigenvalue weighted by atomic mass is 16.2. The summed E-state index contributed by atoms with van der Waals surface area (Å²) in [5.74, 6) is -0.266. The molecule has 0 aliphatic heterocycles. The van der Waals surface area contributed by atoms with Gasteiger partial charge in [-0.05, 0) is 48.6 Å². The van der Waals surface area contributed by atoms with Gasteiger partial charge < -0.3 is 5.32 Å². The highest BCUT2D eigenvalue weighted by Gasteiger charge is 2.24. The van der Waals surface area contributed by atoms with Crippen molar-refractivity contribution in [2.45, 2.75) is 25.3 Å². The third-order valence-electron chi connectivity index (χ3n) is 5.70. The molecule has 0 radical (unpaired) electrons. The highest BCUT2D eigenvalue weighted by Crippen LogP contribution is 2.30. The van der Waals surface area contributed by atoms with E-state index >= 15 is 0 Å². The van der Waals surface area contributed by atoms with Gasteiger partial charge in [-0.15, -0.1) is 0 Å². The number of fused-ring (bicyclic) bond motifs is 2. The van der Waals surface area contributed by atoms with Crippen LogP contribution in [0.2, 0.25) is 0 Å². The van der Waals surface area contributed by atoms with Crippen LogP contribution in [0.3, 0.4) is 0 Å². The number of carbonyl (C=O) groups is 1. The van der Waals surface area contributed by atoms with Crippen LogP contribution in [0.4, 0.5) is 0 Å². The van der Waals surface area contributed by atoms with E-state index in [4.69, 9.17) is 0 Å². The molecule has 0 unspecified atom stereocenters. The number of benzene rings is 3. The molecule has 5 heteroatoms. The summed E-state index contributed by atoms with van der Waals surface area (Å²) in [5.41, 5.74) is 3.10. The second-order valence-corrected chi connectivity index (χ2v) is 7.56. The van der Waals surface area contributed by atoms with Crippen LogP contribution in [0.25, 0.3) is 16.5 Å². The normalized spacial score (nSPS) is 15.5. The first kappa shape index (κ1) is 18.3. The van der Waals surface area contributed by atoms with Gasteiger partial charge in [0.15, 0.2) is 5.69 Å². The number of aromatic nitrogens is 2. The Morgan fingerprint density at radius 1 is 0.900 bits per heavy atom. The van der Waals surface area contributed by atoms with Gasteiger partial charge in [-0.1, -0.05) is 60.7 Å². The fourth-order valence-corrected chi connectivity index (χ4v) is 4.23. The Balaban J connectivity index is 1.60. The minimum atomic E-state index is -0.266. The SMILES string of the molecule is O=C(N[C@H]1CCCc2ccccc21)c1nn(-c2ccccc2)c(=O)c2ccccc12. The third-order valence-corrected chi connectivity index (χ3v) is 5.70. The van der Waals surface area contributed by atoms with Crippen molar-refractivity contribution in [2.24, 2.45) is 0 Å². The predicted octanol–water partition coefficient (Wildman–Crippen LogP) is 4.19. The van der Waals surface area contributed by atoms with Gasteiger partial charge in [0.05, 0.1) is 17.1 Å². The van der Waals surface area contributed by atoms with Crippen LogP contribution in [-0.2, 0) is 6.42 Å². The highest BCUT2D eigenvalue weighted by molar-refractivity contribution is 6.05. The Labute approximate surface area is 174 Å². The third kappa shape index (κ3) is 3.18. The molecule has 1 amide bonds. The molecule has 5 nitrogen and oxygen atoms in total. The number of hydrogen-bond acceptors (Lipinski definition) is 3. The Morgan fingerprint density at radius 3 is 2.43 bits per heavy atom. The maximum atomic E-state index is 13.3. The molecule has 1 N–H and O–H groups in total.